The van der Waals surface area contributed by atoms with E-state index in [1.165, 1.54) is 12.1 Å². The van der Waals surface area contributed by atoms with E-state index < -0.39 is 24.7 Å². The lowest BCUT2D eigenvalue weighted by molar-refractivity contribution is -0.154. The number of carbonyl (C=O) groups excluding carboxylic acids is 2. The summed E-state index contributed by atoms with van der Waals surface area (Å²) in [6, 6.07) is 8.46. The maximum Gasteiger partial charge on any atom is 0.422 e. The summed E-state index contributed by atoms with van der Waals surface area (Å²) in [7, 11) is 0. The molecule has 1 aromatic heterocycles. The molecule has 2 rings (SSSR count). The van der Waals surface area contributed by atoms with Gasteiger partial charge in [0.05, 0.1) is 5.56 Å². The Balaban J connectivity index is 1.86. The van der Waals surface area contributed by atoms with Crippen LogP contribution in [0, 0.1) is 0 Å². The Morgan fingerprint density at radius 1 is 1.12 bits per heavy atom. The van der Waals surface area contributed by atoms with E-state index in [2.05, 4.69) is 20.4 Å². The van der Waals surface area contributed by atoms with Crippen molar-refractivity contribution in [2.45, 2.75) is 12.7 Å². The number of carbonyl (C=O) groups is 2. The van der Waals surface area contributed by atoms with E-state index in [0.29, 0.717) is 5.69 Å². The van der Waals surface area contributed by atoms with E-state index in [0.717, 1.165) is 11.8 Å². The van der Waals surface area contributed by atoms with Crippen LogP contribution in [-0.4, -0.2) is 29.7 Å². The minimum absolute atomic E-state index is 0.177. The molecule has 0 fully saturated rings. The molecule has 10 heteroatoms. The van der Waals surface area contributed by atoms with Gasteiger partial charge in [-0.15, -0.1) is 0 Å². The number of halogens is 3. The van der Waals surface area contributed by atoms with Crippen LogP contribution in [0.25, 0.3) is 0 Å². The molecule has 0 unspecified atom stereocenters. The Morgan fingerprint density at radius 3 is 2.35 bits per heavy atom. The first kappa shape index (κ1) is 19.0. The van der Waals surface area contributed by atoms with Crippen LogP contribution < -0.4 is 21.1 Å². The van der Waals surface area contributed by atoms with Crippen LogP contribution in [0.15, 0.2) is 42.6 Å². The topological polar surface area (TPSA) is 106 Å². The minimum atomic E-state index is -4.46. The van der Waals surface area contributed by atoms with E-state index in [4.69, 9.17) is 5.73 Å². The number of rotatable bonds is 6. The molecule has 1 aromatic carbocycles. The Hall–Kier alpha value is -3.30. The Morgan fingerprint density at radius 2 is 1.81 bits per heavy atom. The highest BCUT2D eigenvalue weighted by Crippen LogP contribution is 2.17. The van der Waals surface area contributed by atoms with Gasteiger partial charge in [-0.25, -0.2) is 9.78 Å². The summed E-state index contributed by atoms with van der Waals surface area (Å²) >= 11 is 0. The molecule has 0 atom stereocenters. The molecule has 0 aliphatic carbocycles. The lowest BCUT2D eigenvalue weighted by Gasteiger charge is -2.09. The average molecular weight is 368 g/mol. The van der Waals surface area contributed by atoms with Crippen molar-refractivity contribution in [2.75, 3.05) is 11.9 Å². The molecule has 1 heterocycles. The highest BCUT2D eigenvalue weighted by molar-refractivity contribution is 5.93. The smallest absolute Gasteiger partial charge is 0.422 e. The molecule has 0 spiro atoms. The number of nitrogens with one attached hydrogen (secondary N) is 2. The SMILES string of the molecule is NC(=O)Nc1ccc(CNC(=O)c2ccc(OCC(F)(F)F)nc2)cc1. The van der Waals surface area contributed by atoms with Crippen LogP contribution in [-0.2, 0) is 6.54 Å². The molecule has 0 saturated carbocycles. The van der Waals surface area contributed by atoms with E-state index in [1.54, 1.807) is 24.3 Å². The van der Waals surface area contributed by atoms with E-state index in [-0.39, 0.29) is 18.0 Å². The maximum absolute atomic E-state index is 12.1. The molecule has 138 valence electrons. The first-order valence-electron chi connectivity index (χ1n) is 7.32. The standard InChI is InChI=1S/C16H15F3N4O3/c17-16(18,19)9-26-13-6-3-11(8-21-13)14(24)22-7-10-1-4-12(5-2-10)23-15(20)25/h1-6,8H,7,9H2,(H,22,24)(H3,20,23,25). The molecular weight excluding hydrogens is 353 g/mol. The number of nitrogens with zero attached hydrogens (tertiary/aromatic N) is 1. The number of amides is 3. The molecule has 0 aliphatic heterocycles. The molecule has 3 amide bonds. The quantitative estimate of drug-likeness (QED) is 0.728. The predicted molar refractivity (Wildman–Crippen MR) is 86.6 cm³/mol. The van der Waals surface area contributed by atoms with Crippen molar-refractivity contribution in [1.82, 2.24) is 10.3 Å². The third-order valence-corrected chi connectivity index (χ3v) is 3.06. The Bertz CT molecular complexity index is 762. The summed E-state index contributed by atoms with van der Waals surface area (Å²) in [5.74, 6) is -0.671. The second-order valence-electron chi connectivity index (χ2n) is 5.16. The minimum Gasteiger partial charge on any atom is -0.468 e. The number of anilines is 1. The van der Waals surface area contributed by atoms with E-state index >= 15 is 0 Å². The largest absolute Gasteiger partial charge is 0.468 e. The zero-order valence-corrected chi connectivity index (χ0v) is 13.3. The summed E-state index contributed by atoms with van der Waals surface area (Å²) in [5.41, 5.74) is 6.47. The Kier molecular flexibility index (Phi) is 5.99. The fourth-order valence-electron chi connectivity index (χ4n) is 1.89. The molecule has 7 nitrogen and oxygen atoms in total. The third-order valence-electron chi connectivity index (χ3n) is 3.06. The first-order chi connectivity index (χ1) is 12.2. The van der Waals surface area contributed by atoms with Crippen LogP contribution in [0.3, 0.4) is 0 Å². The zero-order chi connectivity index (χ0) is 19.2. The Labute approximate surface area is 146 Å². The summed E-state index contributed by atoms with van der Waals surface area (Å²) in [6.45, 7) is -1.24. The van der Waals surface area contributed by atoms with E-state index in [9.17, 15) is 22.8 Å². The molecule has 0 radical (unpaired) electrons. The van der Waals surface area contributed by atoms with Crippen molar-refractivity contribution in [2.24, 2.45) is 5.73 Å². The first-order valence-corrected chi connectivity index (χ1v) is 7.32. The fourth-order valence-corrected chi connectivity index (χ4v) is 1.89. The summed E-state index contributed by atoms with van der Waals surface area (Å²) in [5, 5.41) is 5.05. The van der Waals surface area contributed by atoms with Crippen molar-refractivity contribution in [3.8, 4) is 5.88 Å². The van der Waals surface area contributed by atoms with E-state index in [1.807, 2.05) is 0 Å². The molecule has 4 N–H and O–H groups in total. The van der Waals surface area contributed by atoms with Crippen molar-refractivity contribution in [3.05, 3.63) is 53.7 Å². The number of benzene rings is 1. The van der Waals surface area contributed by atoms with Gasteiger partial charge in [0.25, 0.3) is 5.91 Å². The van der Waals surface area contributed by atoms with Crippen LogP contribution >= 0.6 is 0 Å². The summed E-state index contributed by atoms with van der Waals surface area (Å²) in [4.78, 5) is 26.4. The fraction of sp³-hybridized carbons (Fsp3) is 0.188. The van der Waals surface area contributed by atoms with Gasteiger partial charge in [-0.2, -0.15) is 13.2 Å². The lowest BCUT2D eigenvalue weighted by Crippen LogP contribution is -2.23. The van der Waals surface area contributed by atoms with Gasteiger partial charge in [0.15, 0.2) is 6.61 Å². The van der Waals surface area contributed by atoms with Gasteiger partial charge >= 0.3 is 12.2 Å². The molecule has 2 aromatic rings. The van der Waals surface area contributed by atoms with Gasteiger partial charge in [0.2, 0.25) is 5.88 Å². The van der Waals surface area contributed by atoms with Gasteiger partial charge in [0.1, 0.15) is 0 Å². The van der Waals surface area contributed by atoms with Crippen LogP contribution in [0.5, 0.6) is 5.88 Å². The second kappa shape index (κ2) is 8.19. The highest BCUT2D eigenvalue weighted by Gasteiger charge is 2.28. The number of primary amides is 1. The van der Waals surface area contributed by atoms with Crippen molar-refractivity contribution in [3.63, 3.8) is 0 Å². The molecule has 0 saturated heterocycles. The second-order valence-corrected chi connectivity index (χ2v) is 5.16. The van der Waals surface area contributed by atoms with Gasteiger partial charge < -0.3 is 21.1 Å². The summed E-state index contributed by atoms with van der Waals surface area (Å²) in [6.07, 6.45) is -3.33. The number of urea groups is 1. The number of hydrogen-bond donors (Lipinski definition) is 3. The van der Waals surface area contributed by atoms with Gasteiger partial charge in [-0.1, -0.05) is 12.1 Å². The van der Waals surface area contributed by atoms with Gasteiger partial charge in [-0.05, 0) is 23.8 Å². The van der Waals surface area contributed by atoms with Crippen LogP contribution in [0.1, 0.15) is 15.9 Å². The molecule has 0 aliphatic rings. The molecule has 0 bridgehead atoms. The molecule has 26 heavy (non-hydrogen) atoms. The zero-order valence-electron chi connectivity index (χ0n) is 13.3. The number of alkyl halides is 3. The maximum atomic E-state index is 12.1. The number of hydrogen-bond acceptors (Lipinski definition) is 4. The average Bonchev–Trinajstić information content (AvgIpc) is 2.58. The van der Waals surface area contributed by atoms with Gasteiger partial charge in [0, 0.05) is 24.5 Å². The van der Waals surface area contributed by atoms with Crippen LogP contribution in [0.4, 0.5) is 23.7 Å². The van der Waals surface area contributed by atoms with Crippen molar-refractivity contribution < 1.29 is 27.5 Å². The normalized spacial score (nSPS) is 10.9. The van der Waals surface area contributed by atoms with Crippen LogP contribution in [0.2, 0.25) is 0 Å². The highest BCUT2D eigenvalue weighted by atomic mass is 19.4. The van der Waals surface area contributed by atoms with Crippen molar-refractivity contribution >= 4 is 17.6 Å². The van der Waals surface area contributed by atoms with Crippen molar-refractivity contribution in [1.29, 1.82) is 0 Å². The summed E-state index contributed by atoms with van der Waals surface area (Å²) < 4.78 is 40.6. The molecular formula is C16H15F3N4O3. The number of nitrogens with two attached hydrogens (primary N) is 1. The van der Waals surface area contributed by atoms with Gasteiger partial charge in [-0.3, -0.25) is 4.79 Å². The number of pyridine rings is 1. The third kappa shape index (κ3) is 6.30. The predicted octanol–water partition coefficient (Wildman–Crippen LogP) is 2.44. The number of ether oxygens (including phenoxy) is 1. The lowest BCUT2D eigenvalue weighted by atomic mass is 10.2. The monoisotopic (exact) mass is 368 g/mol. The number of aromatic nitrogens is 1.